The molecule has 0 aromatic rings. The van der Waals surface area contributed by atoms with E-state index in [1.165, 1.54) is 5.57 Å². The van der Waals surface area contributed by atoms with Crippen molar-refractivity contribution < 1.29 is 14.7 Å². The van der Waals surface area contributed by atoms with E-state index >= 15 is 0 Å². The maximum atomic E-state index is 12.7. The van der Waals surface area contributed by atoms with Crippen molar-refractivity contribution in [3.05, 3.63) is 11.6 Å². The first-order valence-electron chi connectivity index (χ1n) is 9.27. The lowest BCUT2D eigenvalue weighted by Gasteiger charge is -2.59. The second-order valence-corrected chi connectivity index (χ2v) is 8.89. The Balaban J connectivity index is 1.71. The van der Waals surface area contributed by atoms with Crippen LogP contribution in [0, 0.1) is 28.6 Å². The van der Waals surface area contributed by atoms with E-state index in [1.807, 2.05) is 6.92 Å². The summed E-state index contributed by atoms with van der Waals surface area (Å²) in [6.07, 6.45) is 7.88. The van der Waals surface area contributed by atoms with Gasteiger partial charge in [0.1, 0.15) is 0 Å². The third-order valence-electron chi connectivity index (χ3n) is 7.84. The minimum absolute atomic E-state index is 0.0949. The first-order chi connectivity index (χ1) is 11.3. The molecule has 3 N–H and O–H groups in total. The minimum atomic E-state index is -0.500. The normalized spacial score (nSPS) is 48.3. The van der Waals surface area contributed by atoms with Gasteiger partial charge in [-0.15, -0.1) is 0 Å². The van der Waals surface area contributed by atoms with Gasteiger partial charge in [0.05, 0.1) is 11.5 Å². The van der Waals surface area contributed by atoms with E-state index in [2.05, 4.69) is 13.0 Å². The molecule has 1 heterocycles. The summed E-state index contributed by atoms with van der Waals surface area (Å²) < 4.78 is 0. The summed E-state index contributed by atoms with van der Waals surface area (Å²) in [6, 6.07) is 0. The molecule has 4 aliphatic rings. The lowest BCUT2D eigenvalue weighted by Crippen LogP contribution is -2.62. The molecule has 0 radical (unpaired) electrons. The predicted molar refractivity (Wildman–Crippen MR) is 89.1 cm³/mol. The van der Waals surface area contributed by atoms with Gasteiger partial charge in [0.15, 0.2) is 0 Å². The molecule has 24 heavy (non-hydrogen) atoms. The SMILES string of the molecule is C[C@@]12CC[C@H]3[C@@H](CC=C4C[C@@H](O)CC[C@]43C)[C@H]1CC(=O)N(N)C2=O. The zero-order valence-corrected chi connectivity index (χ0v) is 14.6. The summed E-state index contributed by atoms with van der Waals surface area (Å²) in [6.45, 7) is 4.35. The van der Waals surface area contributed by atoms with Crippen molar-refractivity contribution in [2.45, 2.75) is 64.9 Å². The van der Waals surface area contributed by atoms with Gasteiger partial charge >= 0.3 is 0 Å². The van der Waals surface area contributed by atoms with Gasteiger partial charge in [-0.2, -0.15) is 0 Å². The van der Waals surface area contributed by atoms with Crippen LogP contribution in [0.4, 0.5) is 0 Å². The van der Waals surface area contributed by atoms with Crippen molar-refractivity contribution in [1.82, 2.24) is 5.01 Å². The first-order valence-corrected chi connectivity index (χ1v) is 9.27. The maximum absolute atomic E-state index is 12.7. The third kappa shape index (κ3) is 2.00. The molecular formula is C19H28N2O3. The number of carbonyl (C=O) groups is 2. The molecule has 0 bridgehead atoms. The van der Waals surface area contributed by atoms with Crippen LogP contribution in [0.1, 0.15) is 58.8 Å². The fourth-order valence-corrected chi connectivity index (χ4v) is 6.28. The highest BCUT2D eigenvalue weighted by atomic mass is 16.3. The molecule has 132 valence electrons. The van der Waals surface area contributed by atoms with Gasteiger partial charge in [0.25, 0.3) is 0 Å². The molecule has 3 aliphatic carbocycles. The van der Waals surface area contributed by atoms with Crippen LogP contribution in [0.5, 0.6) is 0 Å². The fourth-order valence-electron chi connectivity index (χ4n) is 6.28. The topological polar surface area (TPSA) is 83.6 Å². The van der Waals surface area contributed by atoms with E-state index in [-0.39, 0.29) is 29.3 Å². The molecule has 6 atom stereocenters. The molecule has 1 aliphatic heterocycles. The van der Waals surface area contributed by atoms with Crippen LogP contribution in [0.25, 0.3) is 0 Å². The maximum Gasteiger partial charge on any atom is 0.249 e. The Labute approximate surface area is 143 Å². The molecule has 0 unspecified atom stereocenters. The lowest BCUT2D eigenvalue weighted by atomic mass is 9.46. The molecule has 0 aromatic heterocycles. The molecule has 5 heteroatoms. The van der Waals surface area contributed by atoms with Crippen LogP contribution in [-0.2, 0) is 9.59 Å². The molecule has 2 saturated carbocycles. The quantitative estimate of drug-likeness (QED) is 0.308. The van der Waals surface area contributed by atoms with Gasteiger partial charge < -0.3 is 5.11 Å². The van der Waals surface area contributed by atoms with Crippen LogP contribution < -0.4 is 5.84 Å². The monoisotopic (exact) mass is 332 g/mol. The predicted octanol–water partition coefficient (Wildman–Crippen LogP) is 2.15. The number of nitrogens with two attached hydrogens (primary N) is 1. The Bertz CT molecular complexity index is 630. The van der Waals surface area contributed by atoms with Crippen molar-refractivity contribution in [3.8, 4) is 0 Å². The molecule has 3 fully saturated rings. The number of hydrogen-bond donors (Lipinski definition) is 2. The van der Waals surface area contributed by atoms with E-state index in [4.69, 9.17) is 5.84 Å². The van der Waals surface area contributed by atoms with Gasteiger partial charge in [0, 0.05) is 6.42 Å². The number of carbonyl (C=O) groups excluding carboxylic acids is 2. The Hall–Kier alpha value is -1.20. The number of hydrogen-bond acceptors (Lipinski definition) is 4. The molecule has 0 aromatic carbocycles. The number of hydrazine groups is 1. The molecule has 2 amide bonds. The number of aliphatic hydroxyl groups is 1. The Kier molecular flexibility index (Phi) is 3.49. The highest BCUT2D eigenvalue weighted by Gasteiger charge is 2.60. The Morgan fingerprint density at radius 3 is 2.58 bits per heavy atom. The van der Waals surface area contributed by atoms with E-state index in [9.17, 15) is 14.7 Å². The number of aliphatic hydroxyl groups excluding tert-OH is 1. The van der Waals surface area contributed by atoms with Crippen molar-refractivity contribution in [2.24, 2.45) is 34.4 Å². The average molecular weight is 332 g/mol. The molecular weight excluding hydrogens is 304 g/mol. The second kappa shape index (κ2) is 5.15. The van der Waals surface area contributed by atoms with Gasteiger partial charge in [-0.1, -0.05) is 25.5 Å². The van der Waals surface area contributed by atoms with Crippen LogP contribution in [0.15, 0.2) is 11.6 Å². The summed E-state index contributed by atoms with van der Waals surface area (Å²) in [5, 5.41) is 10.9. The summed E-state index contributed by atoms with van der Waals surface area (Å²) in [5.74, 6) is 6.27. The van der Waals surface area contributed by atoms with Crippen LogP contribution in [0.2, 0.25) is 0 Å². The van der Waals surface area contributed by atoms with Crippen molar-refractivity contribution in [1.29, 1.82) is 0 Å². The average Bonchev–Trinajstić information content (AvgIpc) is 2.55. The van der Waals surface area contributed by atoms with Gasteiger partial charge in [-0.3, -0.25) is 9.59 Å². The van der Waals surface area contributed by atoms with Gasteiger partial charge in [0.2, 0.25) is 11.8 Å². The largest absolute Gasteiger partial charge is 0.393 e. The van der Waals surface area contributed by atoms with E-state index in [0.29, 0.717) is 18.3 Å². The van der Waals surface area contributed by atoms with Crippen LogP contribution in [-0.4, -0.2) is 28.0 Å². The van der Waals surface area contributed by atoms with Crippen molar-refractivity contribution in [3.63, 3.8) is 0 Å². The molecule has 5 nitrogen and oxygen atoms in total. The fraction of sp³-hybridized carbons (Fsp3) is 0.789. The zero-order chi connectivity index (χ0) is 17.3. The zero-order valence-electron chi connectivity index (χ0n) is 14.6. The van der Waals surface area contributed by atoms with Crippen LogP contribution >= 0.6 is 0 Å². The Morgan fingerprint density at radius 2 is 1.83 bits per heavy atom. The number of imide groups is 1. The smallest absolute Gasteiger partial charge is 0.249 e. The molecule has 1 saturated heterocycles. The highest BCUT2D eigenvalue weighted by molar-refractivity contribution is 6.00. The number of piperidine rings is 1. The summed E-state index contributed by atoms with van der Waals surface area (Å²) >= 11 is 0. The summed E-state index contributed by atoms with van der Waals surface area (Å²) in [4.78, 5) is 24.9. The van der Waals surface area contributed by atoms with E-state index in [1.54, 1.807) is 0 Å². The van der Waals surface area contributed by atoms with Crippen molar-refractivity contribution >= 4 is 11.8 Å². The standard InChI is InChI=1S/C19H28N2O3/c1-18-7-5-12(22)9-11(18)3-4-13-14(18)6-8-19(2)15(13)10-16(23)21(20)17(19)24/h3,12-15,22H,4-10,20H2,1-2H3/t12-,13+,14-,15+,18+,19+/m0/s1. The van der Waals surface area contributed by atoms with Crippen molar-refractivity contribution in [2.75, 3.05) is 0 Å². The van der Waals surface area contributed by atoms with E-state index < -0.39 is 5.41 Å². The summed E-state index contributed by atoms with van der Waals surface area (Å²) in [7, 11) is 0. The van der Waals surface area contributed by atoms with Gasteiger partial charge in [-0.25, -0.2) is 10.9 Å². The number of allylic oxidation sites excluding steroid dienone is 1. The Morgan fingerprint density at radius 1 is 1.12 bits per heavy atom. The third-order valence-corrected chi connectivity index (χ3v) is 7.84. The lowest BCUT2D eigenvalue weighted by molar-refractivity contribution is -0.171. The molecule has 0 spiro atoms. The highest BCUT2D eigenvalue weighted by Crippen LogP contribution is 2.62. The van der Waals surface area contributed by atoms with E-state index in [0.717, 1.165) is 43.5 Å². The number of fused-ring (bicyclic) bond motifs is 5. The van der Waals surface area contributed by atoms with Crippen LogP contribution in [0.3, 0.4) is 0 Å². The second-order valence-electron chi connectivity index (χ2n) is 8.89. The minimum Gasteiger partial charge on any atom is -0.393 e. The summed E-state index contributed by atoms with van der Waals surface area (Å²) in [5.41, 5.74) is 1.02. The number of nitrogens with zero attached hydrogens (tertiary/aromatic N) is 1. The first kappa shape index (κ1) is 16.3. The number of rotatable bonds is 0. The number of amides is 2. The van der Waals surface area contributed by atoms with Gasteiger partial charge in [-0.05, 0) is 61.7 Å². The molecule has 4 rings (SSSR count).